The Balaban J connectivity index is 1.71. The van der Waals surface area contributed by atoms with Gasteiger partial charge >= 0.3 is 6.18 Å². The summed E-state index contributed by atoms with van der Waals surface area (Å²) in [7, 11) is 0. The Morgan fingerprint density at radius 1 is 1.26 bits per heavy atom. The van der Waals surface area contributed by atoms with E-state index in [9.17, 15) is 13.2 Å². The third-order valence-electron chi connectivity index (χ3n) is 3.91. The van der Waals surface area contributed by atoms with E-state index in [-0.39, 0.29) is 0 Å². The van der Waals surface area contributed by atoms with Crippen LogP contribution in [-0.2, 0) is 32.5 Å². The molecule has 0 atom stereocenters. The van der Waals surface area contributed by atoms with Gasteiger partial charge in [0.15, 0.2) is 0 Å². The molecule has 8 heteroatoms. The van der Waals surface area contributed by atoms with E-state index < -0.39 is 12.7 Å². The highest BCUT2D eigenvalue weighted by Gasteiger charge is 2.29. The largest absolute Gasteiger partial charge is 0.406 e. The van der Waals surface area contributed by atoms with Crippen LogP contribution in [-0.4, -0.2) is 37.1 Å². The molecule has 0 unspecified atom stereocenters. The minimum absolute atomic E-state index is 0.383. The molecule has 2 aromatic rings. The normalized spacial score (nSPS) is 15.7. The first kappa shape index (κ1) is 15.9. The number of hydrogen-bond donors (Lipinski definition) is 0. The maximum absolute atomic E-state index is 12.6. The Labute approximate surface area is 132 Å². The summed E-state index contributed by atoms with van der Waals surface area (Å²) >= 11 is 0. The van der Waals surface area contributed by atoms with Crippen LogP contribution in [0.1, 0.15) is 29.8 Å². The molecule has 0 radical (unpaired) electrons. The number of hydrogen-bond acceptors (Lipinski definition) is 4. The van der Waals surface area contributed by atoms with Crippen molar-refractivity contribution in [3.05, 3.63) is 41.5 Å². The van der Waals surface area contributed by atoms with Crippen molar-refractivity contribution in [2.24, 2.45) is 0 Å². The molecule has 0 spiro atoms. The highest BCUT2D eigenvalue weighted by Crippen LogP contribution is 2.21. The SMILES string of the molecule is CCc1ncc2c(n1)CN(Cc1nccn1CC(F)(F)F)CC2. The van der Waals surface area contributed by atoms with E-state index >= 15 is 0 Å². The second kappa shape index (κ2) is 6.27. The molecule has 0 saturated carbocycles. The molecular formula is C15H18F3N5. The molecule has 124 valence electrons. The molecule has 5 nitrogen and oxygen atoms in total. The molecule has 0 fully saturated rings. The van der Waals surface area contributed by atoms with Gasteiger partial charge in [0, 0.05) is 38.1 Å². The van der Waals surface area contributed by atoms with E-state index in [1.54, 1.807) is 0 Å². The van der Waals surface area contributed by atoms with Crippen LogP contribution >= 0.6 is 0 Å². The van der Waals surface area contributed by atoms with E-state index in [2.05, 4.69) is 19.9 Å². The van der Waals surface area contributed by atoms with Crippen LogP contribution < -0.4 is 0 Å². The maximum Gasteiger partial charge on any atom is 0.406 e. The van der Waals surface area contributed by atoms with E-state index in [0.717, 1.165) is 41.0 Å². The molecule has 3 rings (SSSR count). The first-order valence-corrected chi connectivity index (χ1v) is 7.57. The van der Waals surface area contributed by atoms with Gasteiger partial charge in [-0.25, -0.2) is 15.0 Å². The Hall–Kier alpha value is -1.96. The summed E-state index contributed by atoms with van der Waals surface area (Å²) in [5.41, 5.74) is 2.09. The molecular weight excluding hydrogens is 307 g/mol. The van der Waals surface area contributed by atoms with Crippen LogP contribution in [0.4, 0.5) is 13.2 Å². The molecule has 2 aromatic heterocycles. The molecule has 23 heavy (non-hydrogen) atoms. The number of alkyl halides is 3. The average Bonchev–Trinajstić information content (AvgIpc) is 2.91. The summed E-state index contributed by atoms with van der Waals surface area (Å²) in [5, 5.41) is 0. The van der Waals surface area contributed by atoms with Crippen molar-refractivity contribution in [2.75, 3.05) is 6.54 Å². The molecule has 1 aliphatic rings. The van der Waals surface area contributed by atoms with E-state index in [1.807, 2.05) is 13.1 Å². The fourth-order valence-corrected chi connectivity index (χ4v) is 2.73. The van der Waals surface area contributed by atoms with E-state index in [1.165, 1.54) is 12.4 Å². The van der Waals surface area contributed by atoms with Gasteiger partial charge < -0.3 is 4.57 Å². The zero-order chi connectivity index (χ0) is 16.4. The Bertz CT molecular complexity index is 680. The van der Waals surface area contributed by atoms with Gasteiger partial charge in [-0.3, -0.25) is 4.90 Å². The Kier molecular flexibility index (Phi) is 4.34. The van der Waals surface area contributed by atoms with Gasteiger partial charge in [-0.2, -0.15) is 13.2 Å². The van der Waals surface area contributed by atoms with Crippen molar-refractivity contribution in [2.45, 2.75) is 45.6 Å². The summed E-state index contributed by atoms with van der Waals surface area (Å²) in [4.78, 5) is 15.0. The number of aryl methyl sites for hydroxylation is 1. The molecule has 0 aliphatic carbocycles. The van der Waals surface area contributed by atoms with Gasteiger partial charge in [0.05, 0.1) is 12.2 Å². The first-order chi connectivity index (χ1) is 10.9. The summed E-state index contributed by atoms with van der Waals surface area (Å²) in [6.45, 7) is 2.75. The summed E-state index contributed by atoms with van der Waals surface area (Å²) in [5.74, 6) is 1.22. The second-order valence-corrected chi connectivity index (χ2v) is 5.66. The van der Waals surface area contributed by atoms with Crippen molar-refractivity contribution in [3.63, 3.8) is 0 Å². The molecule has 0 saturated heterocycles. The van der Waals surface area contributed by atoms with E-state index in [4.69, 9.17) is 0 Å². The number of aromatic nitrogens is 4. The minimum atomic E-state index is -4.24. The number of fused-ring (bicyclic) bond motifs is 1. The first-order valence-electron chi connectivity index (χ1n) is 7.57. The maximum atomic E-state index is 12.6. The zero-order valence-corrected chi connectivity index (χ0v) is 12.8. The average molecular weight is 325 g/mol. The fourth-order valence-electron chi connectivity index (χ4n) is 2.73. The van der Waals surface area contributed by atoms with Crippen molar-refractivity contribution >= 4 is 0 Å². The van der Waals surface area contributed by atoms with Crippen LogP contribution in [0.2, 0.25) is 0 Å². The number of rotatable bonds is 4. The summed E-state index contributed by atoms with van der Waals surface area (Å²) in [6.07, 6.45) is 1.98. The predicted molar refractivity (Wildman–Crippen MR) is 77.5 cm³/mol. The Morgan fingerprint density at radius 2 is 2.09 bits per heavy atom. The van der Waals surface area contributed by atoms with Gasteiger partial charge in [-0.05, 0) is 12.0 Å². The van der Waals surface area contributed by atoms with Crippen molar-refractivity contribution in [1.29, 1.82) is 0 Å². The third kappa shape index (κ3) is 3.87. The third-order valence-corrected chi connectivity index (χ3v) is 3.91. The van der Waals surface area contributed by atoms with Gasteiger partial charge in [0.1, 0.15) is 18.2 Å². The lowest BCUT2D eigenvalue weighted by Gasteiger charge is -2.27. The van der Waals surface area contributed by atoms with Crippen LogP contribution in [0.25, 0.3) is 0 Å². The van der Waals surface area contributed by atoms with Crippen LogP contribution in [0.5, 0.6) is 0 Å². The lowest BCUT2D eigenvalue weighted by molar-refractivity contribution is -0.141. The fraction of sp³-hybridized carbons (Fsp3) is 0.533. The number of halogens is 3. The lowest BCUT2D eigenvalue weighted by Crippen LogP contribution is -2.32. The highest BCUT2D eigenvalue weighted by molar-refractivity contribution is 5.20. The Morgan fingerprint density at radius 3 is 2.83 bits per heavy atom. The van der Waals surface area contributed by atoms with Gasteiger partial charge in [0.2, 0.25) is 0 Å². The monoisotopic (exact) mass is 325 g/mol. The lowest BCUT2D eigenvalue weighted by atomic mass is 10.1. The standard InChI is InChI=1S/C15H18F3N5/c1-2-13-20-7-11-3-5-22(8-12(11)21-13)9-14-19-4-6-23(14)10-15(16,17)18/h4,6-7H,2-3,5,8-10H2,1H3. The summed E-state index contributed by atoms with van der Waals surface area (Å²) < 4.78 is 38.9. The number of imidazole rings is 1. The topological polar surface area (TPSA) is 46.8 Å². The molecule has 0 amide bonds. The quantitative estimate of drug-likeness (QED) is 0.866. The second-order valence-electron chi connectivity index (χ2n) is 5.66. The van der Waals surface area contributed by atoms with Crippen LogP contribution in [0, 0.1) is 0 Å². The molecule has 3 heterocycles. The number of nitrogens with zero attached hydrogens (tertiary/aromatic N) is 5. The van der Waals surface area contributed by atoms with Gasteiger partial charge in [-0.1, -0.05) is 6.92 Å². The predicted octanol–water partition coefficient (Wildman–Crippen LogP) is 2.36. The summed E-state index contributed by atoms with van der Waals surface area (Å²) in [6, 6.07) is 0. The smallest absolute Gasteiger partial charge is 0.325 e. The molecule has 0 aromatic carbocycles. The van der Waals surface area contributed by atoms with Gasteiger partial charge in [0.25, 0.3) is 0 Å². The minimum Gasteiger partial charge on any atom is -0.325 e. The van der Waals surface area contributed by atoms with Gasteiger partial charge in [-0.15, -0.1) is 0 Å². The highest BCUT2D eigenvalue weighted by atomic mass is 19.4. The van der Waals surface area contributed by atoms with Crippen LogP contribution in [0.15, 0.2) is 18.6 Å². The van der Waals surface area contributed by atoms with Crippen molar-refractivity contribution in [3.8, 4) is 0 Å². The molecule has 0 bridgehead atoms. The van der Waals surface area contributed by atoms with E-state index in [0.29, 0.717) is 18.9 Å². The van der Waals surface area contributed by atoms with Crippen molar-refractivity contribution < 1.29 is 13.2 Å². The molecule has 0 N–H and O–H groups in total. The van der Waals surface area contributed by atoms with Crippen LogP contribution in [0.3, 0.4) is 0 Å². The van der Waals surface area contributed by atoms with Crippen molar-refractivity contribution in [1.82, 2.24) is 24.4 Å². The molecule has 1 aliphatic heterocycles. The zero-order valence-electron chi connectivity index (χ0n) is 12.8.